The fourth-order valence-corrected chi connectivity index (χ4v) is 8.45. The third-order valence-corrected chi connectivity index (χ3v) is 11.5. The van der Waals surface area contributed by atoms with Crippen molar-refractivity contribution in [3.8, 4) is 0 Å². The van der Waals surface area contributed by atoms with Crippen molar-refractivity contribution in [1.29, 1.82) is 0 Å². The van der Waals surface area contributed by atoms with E-state index in [0.717, 1.165) is 25.7 Å². The fraction of sp³-hybridized carbons (Fsp3) is 0.690. The van der Waals surface area contributed by atoms with Gasteiger partial charge in [0.1, 0.15) is 11.6 Å². The summed E-state index contributed by atoms with van der Waals surface area (Å²) in [6, 6.07) is 9.36. The molecule has 0 N–H and O–H groups in total. The van der Waals surface area contributed by atoms with E-state index in [1.807, 2.05) is 35.2 Å². The van der Waals surface area contributed by atoms with Gasteiger partial charge in [-0.1, -0.05) is 59.7 Å². The van der Waals surface area contributed by atoms with E-state index in [1.54, 1.807) is 0 Å². The minimum atomic E-state index is -0.304. The van der Waals surface area contributed by atoms with Gasteiger partial charge in [-0.2, -0.15) is 0 Å². The molecule has 4 saturated carbocycles. The number of benzene rings is 1. The van der Waals surface area contributed by atoms with E-state index >= 15 is 0 Å². The van der Waals surface area contributed by atoms with Crippen LogP contribution >= 0.6 is 0 Å². The van der Waals surface area contributed by atoms with Crippen molar-refractivity contribution in [3.05, 3.63) is 35.9 Å². The van der Waals surface area contributed by atoms with Crippen molar-refractivity contribution >= 4 is 17.5 Å². The van der Waals surface area contributed by atoms with Gasteiger partial charge in [0.05, 0.1) is 0 Å². The van der Waals surface area contributed by atoms with Crippen LogP contribution in [-0.4, -0.2) is 35.5 Å². The number of nitrogens with zero attached hydrogens (tertiary/aromatic N) is 1. The monoisotopic (exact) mass is 449 g/mol. The Balaban J connectivity index is 1.46. The molecular weight excluding hydrogens is 410 g/mol. The lowest BCUT2D eigenvalue weighted by molar-refractivity contribution is -0.132. The van der Waals surface area contributed by atoms with Gasteiger partial charge in [-0.25, -0.2) is 0 Å². The zero-order valence-electron chi connectivity index (χ0n) is 21.1. The van der Waals surface area contributed by atoms with Crippen LogP contribution in [0.25, 0.3) is 0 Å². The fourth-order valence-electron chi connectivity index (χ4n) is 8.45. The summed E-state index contributed by atoms with van der Waals surface area (Å²) in [5.74, 6) is 0.916. The second-order valence-electron chi connectivity index (χ2n) is 12.9. The van der Waals surface area contributed by atoms with Crippen LogP contribution in [0.4, 0.5) is 0 Å². The third-order valence-electron chi connectivity index (χ3n) is 11.5. The first-order valence-corrected chi connectivity index (χ1v) is 12.8. The van der Waals surface area contributed by atoms with E-state index in [4.69, 9.17) is 0 Å². The number of ketones is 2. The van der Waals surface area contributed by atoms with Crippen LogP contribution in [0.5, 0.6) is 0 Å². The van der Waals surface area contributed by atoms with Crippen LogP contribution < -0.4 is 0 Å². The molecule has 0 heterocycles. The number of amides is 1. The molecule has 4 heteroatoms. The zero-order valence-corrected chi connectivity index (χ0v) is 21.1. The summed E-state index contributed by atoms with van der Waals surface area (Å²) in [4.78, 5) is 42.8. The molecule has 4 fully saturated rings. The van der Waals surface area contributed by atoms with Gasteiger partial charge in [-0.15, -0.1) is 0 Å². The Morgan fingerprint density at radius 3 is 1.58 bits per heavy atom. The largest absolute Gasteiger partial charge is 0.337 e. The number of carbonyl (C=O) groups excluding carboxylic acids is 3. The summed E-state index contributed by atoms with van der Waals surface area (Å²) in [6.45, 7) is 14.0. The lowest BCUT2D eigenvalue weighted by atomic mass is 9.70. The molecule has 0 aromatic heterocycles. The summed E-state index contributed by atoms with van der Waals surface area (Å²) in [5, 5.41) is 0. The van der Waals surface area contributed by atoms with E-state index in [2.05, 4.69) is 41.5 Å². The molecule has 6 atom stereocenters. The Morgan fingerprint density at radius 2 is 1.21 bits per heavy atom. The number of hydrogen-bond donors (Lipinski definition) is 0. The van der Waals surface area contributed by atoms with Gasteiger partial charge < -0.3 is 4.90 Å². The normalized spacial score (nSPS) is 39.9. The molecule has 178 valence electrons. The molecule has 4 bridgehead atoms. The highest BCUT2D eigenvalue weighted by molar-refractivity contribution is 5.97. The highest BCUT2D eigenvalue weighted by Gasteiger charge is 2.68. The maximum atomic E-state index is 13.7. The standard InChI is InChI=1S/C29H39NO3/c1-26(2)21-12-14-28(26,5)23(31)19(21)16-30(25(33)18-10-8-7-9-11-18)17-20-22-13-15-29(6,24(20)32)27(22,3)4/h7-11,19-22H,12-17H2,1-6H3/t19-,20-,21-,22+,28-,29+/m1/s1. The summed E-state index contributed by atoms with van der Waals surface area (Å²) in [6.07, 6.45) is 3.98. The topological polar surface area (TPSA) is 54.5 Å². The van der Waals surface area contributed by atoms with Crippen LogP contribution in [0.15, 0.2) is 30.3 Å². The number of carbonyl (C=O) groups is 3. The first-order valence-electron chi connectivity index (χ1n) is 12.8. The van der Waals surface area contributed by atoms with Gasteiger partial charge in [0.2, 0.25) is 0 Å². The first kappa shape index (κ1) is 22.8. The molecule has 1 aromatic carbocycles. The van der Waals surface area contributed by atoms with Crippen LogP contribution in [0.2, 0.25) is 0 Å². The van der Waals surface area contributed by atoms with Gasteiger partial charge in [-0.05, 0) is 60.5 Å². The number of fused-ring (bicyclic) bond motifs is 4. The van der Waals surface area contributed by atoms with E-state index in [1.165, 1.54) is 0 Å². The average Bonchev–Trinajstić information content (AvgIpc) is 3.26. The maximum Gasteiger partial charge on any atom is 0.253 e. The molecule has 33 heavy (non-hydrogen) atoms. The Labute approximate surface area is 198 Å². The third kappa shape index (κ3) is 2.79. The van der Waals surface area contributed by atoms with Gasteiger partial charge >= 0.3 is 0 Å². The van der Waals surface area contributed by atoms with Crippen molar-refractivity contribution in [2.24, 2.45) is 45.3 Å². The van der Waals surface area contributed by atoms with Crippen LogP contribution in [0, 0.1) is 45.3 Å². The lowest BCUT2D eigenvalue weighted by Gasteiger charge is -2.34. The SMILES string of the molecule is CC1(C)[C@H]2CC[C@@]1(C)C(=O)[C@@H]2CN(C[C@H]1C(=O)[C@@]2(C)CC[C@H]1C2(C)C)C(=O)c1ccccc1. The van der Waals surface area contributed by atoms with Gasteiger partial charge in [0, 0.05) is 41.3 Å². The molecule has 4 aliphatic rings. The highest BCUT2D eigenvalue weighted by Crippen LogP contribution is 2.67. The Morgan fingerprint density at radius 1 is 0.788 bits per heavy atom. The number of rotatable bonds is 5. The van der Waals surface area contributed by atoms with Crippen molar-refractivity contribution in [2.45, 2.75) is 67.2 Å². The average molecular weight is 450 g/mol. The lowest BCUT2D eigenvalue weighted by Crippen LogP contribution is -2.46. The summed E-state index contributed by atoms with van der Waals surface area (Å²) < 4.78 is 0. The smallest absolute Gasteiger partial charge is 0.253 e. The second kappa shape index (κ2) is 7.02. The van der Waals surface area contributed by atoms with Gasteiger partial charge in [-0.3, -0.25) is 14.4 Å². The van der Waals surface area contributed by atoms with E-state index < -0.39 is 0 Å². The Kier molecular flexibility index (Phi) is 4.85. The molecule has 1 aromatic rings. The quantitative estimate of drug-likeness (QED) is 0.604. The van der Waals surface area contributed by atoms with E-state index in [0.29, 0.717) is 42.1 Å². The summed E-state index contributed by atoms with van der Waals surface area (Å²) >= 11 is 0. The Hall–Kier alpha value is -1.97. The van der Waals surface area contributed by atoms with E-state index in [-0.39, 0.29) is 39.4 Å². The molecule has 5 rings (SSSR count). The predicted molar refractivity (Wildman–Crippen MR) is 129 cm³/mol. The first-order chi connectivity index (χ1) is 15.4. The summed E-state index contributed by atoms with van der Waals surface area (Å²) in [7, 11) is 0. The highest BCUT2D eigenvalue weighted by atomic mass is 16.2. The molecular formula is C29H39NO3. The van der Waals surface area contributed by atoms with Crippen molar-refractivity contribution < 1.29 is 14.4 Å². The van der Waals surface area contributed by atoms with Gasteiger partial charge in [0.25, 0.3) is 5.91 Å². The van der Waals surface area contributed by atoms with Gasteiger partial charge in [0.15, 0.2) is 0 Å². The van der Waals surface area contributed by atoms with Crippen molar-refractivity contribution in [2.75, 3.05) is 13.1 Å². The minimum absolute atomic E-state index is 0.0477. The zero-order chi connectivity index (χ0) is 24.0. The molecule has 0 saturated heterocycles. The molecule has 4 nitrogen and oxygen atoms in total. The van der Waals surface area contributed by atoms with E-state index in [9.17, 15) is 14.4 Å². The molecule has 0 unspecified atom stereocenters. The number of Topliss-reactive ketones (excluding diaryl/α,β-unsaturated/α-hetero) is 2. The molecule has 0 aliphatic heterocycles. The summed E-state index contributed by atoms with van der Waals surface area (Å²) in [5.41, 5.74) is -0.0649. The van der Waals surface area contributed by atoms with Crippen LogP contribution in [0.3, 0.4) is 0 Å². The molecule has 1 amide bonds. The van der Waals surface area contributed by atoms with Crippen LogP contribution in [0.1, 0.15) is 77.6 Å². The second-order valence-corrected chi connectivity index (χ2v) is 12.9. The van der Waals surface area contributed by atoms with Crippen molar-refractivity contribution in [1.82, 2.24) is 4.90 Å². The maximum absolute atomic E-state index is 13.7. The molecule has 0 spiro atoms. The van der Waals surface area contributed by atoms with Crippen molar-refractivity contribution in [3.63, 3.8) is 0 Å². The molecule has 4 aliphatic carbocycles. The number of hydrogen-bond acceptors (Lipinski definition) is 3. The predicted octanol–water partition coefficient (Wildman–Crippen LogP) is 5.41. The minimum Gasteiger partial charge on any atom is -0.337 e. The Bertz CT molecular complexity index is 955. The molecule has 0 radical (unpaired) electrons. The van der Waals surface area contributed by atoms with Crippen LogP contribution in [-0.2, 0) is 9.59 Å².